The van der Waals surface area contributed by atoms with Crippen LogP contribution in [-0.2, 0) is 19.7 Å². The number of aromatic nitrogens is 5. The van der Waals surface area contributed by atoms with Gasteiger partial charge in [-0.25, -0.2) is 19.2 Å². The lowest BCUT2D eigenvalue weighted by Crippen LogP contribution is -2.46. The lowest BCUT2D eigenvalue weighted by molar-refractivity contribution is 0.0696. The standard InChI is InChI=1S/C31H31ClFN7O4/c1-2-38-19-34-15-25(38)30(41)29-24(35-27-9-7-20(31(42)43)16-40(27)29)17-37-10-12-39(13-11-37)26-4-3-5-28(36-26)44-18-21-6-8-22(32)14-23(21)33/h3-9,14-16,19,30,41H,2,10-13,17-18H2,1H3,(H,42,43). The van der Waals surface area contributed by atoms with Gasteiger partial charge in [-0.15, -0.1) is 0 Å². The lowest BCUT2D eigenvalue weighted by Gasteiger charge is -2.35. The van der Waals surface area contributed by atoms with Gasteiger partial charge in [0.1, 0.15) is 30.0 Å². The van der Waals surface area contributed by atoms with Gasteiger partial charge in [-0.1, -0.05) is 23.7 Å². The van der Waals surface area contributed by atoms with Gasteiger partial charge >= 0.3 is 5.97 Å². The minimum absolute atomic E-state index is 0.0352. The normalized spacial score (nSPS) is 14.7. The number of aromatic carboxylic acids is 1. The topological polar surface area (TPSA) is 121 Å². The van der Waals surface area contributed by atoms with Gasteiger partial charge in [-0.05, 0) is 37.3 Å². The first-order valence-corrected chi connectivity index (χ1v) is 14.6. The van der Waals surface area contributed by atoms with Crippen molar-refractivity contribution in [2.45, 2.75) is 32.7 Å². The summed E-state index contributed by atoms with van der Waals surface area (Å²) in [5.41, 5.74) is 2.84. The van der Waals surface area contributed by atoms with Crippen molar-refractivity contribution in [2.75, 3.05) is 31.1 Å². The van der Waals surface area contributed by atoms with Gasteiger partial charge in [-0.2, -0.15) is 4.98 Å². The molecule has 0 saturated carbocycles. The number of aliphatic hydroxyl groups is 1. The van der Waals surface area contributed by atoms with Gasteiger partial charge in [0.05, 0.1) is 35.2 Å². The molecule has 11 nitrogen and oxygen atoms in total. The number of pyridine rings is 2. The van der Waals surface area contributed by atoms with Gasteiger partial charge in [0.2, 0.25) is 5.88 Å². The highest BCUT2D eigenvalue weighted by Crippen LogP contribution is 2.28. The number of aryl methyl sites for hydroxylation is 1. The second-order valence-electron chi connectivity index (χ2n) is 10.5. The average Bonchev–Trinajstić information content (AvgIpc) is 3.65. The molecule has 0 aliphatic carbocycles. The Morgan fingerprint density at radius 2 is 1.93 bits per heavy atom. The summed E-state index contributed by atoms with van der Waals surface area (Å²) >= 11 is 5.84. The van der Waals surface area contributed by atoms with Crippen LogP contribution in [0.15, 0.2) is 67.3 Å². The molecule has 0 amide bonds. The number of carbonyl (C=O) groups is 1. The van der Waals surface area contributed by atoms with Crippen LogP contribution in [0, 0.1) is 5.82 Å². The summed E-state index contributed by atoms with van der Waals surface area (Å²) in [4.78, 5) is 29.8. The number of fused-ring (bicyclic) bond motifs is 1. The van der Waals surface area contributed by atoms with E-state index in [-0.39, 0.29) is 12.2 Å². The molecular formula is C31H31ClFN7O4. The third kappa shape index (κ3) is 6.09. The first kappa shape index (κ1) is 29.5. The van der Waals surface area contributed by atoms with Gasteiger partial charge in [-0.3, -0.25) is 9.30 Å². The molecule has 5 heterocycles. The third-order valence-electron chi connectivity index (χ3n) is 7.77. The number of benzene rings is 1. The molecule has 1 aromatic carbocycles. The van der Waals surface area contributed by atoms with Crippen molar-refractivity contribution < 1.29 is 24.1 Å². The number of carboxylic acid groups (broad SMARTS) is 1. The number of nitrogens with zero attached hydrogens (tertiary/aromatic N) is 7. The van der Waals surface area contributed by atoms with Gasteiger partial charge in [0.15, 0.2) is 0 Å². The molecule has 1 aliphatic rings. The van der Waals surface area contributed by atoms with Crippen LogP contribution in [0.4, 0.5) is 10.2 Å². The molecule has 4 aromatic heterocycles. The molecule has 0 spiro atoms. The fourth-order valence-corrected chi connectivity index (χ4v) is 5.56. The van der Waals surface area contributed by atoms with E-state index in [9.17, 15) is 19.4 Å². The Labute approximate surface area is 257 Å². The number of rotatable bonds is 10. The summed E-state index contributed by atoms with van der Waals surface area (Å²) in [6, 6.07) is 13.2. The zero-order valence-electron chi connectivity index (χ0n) is 24.0. The van der Waals surface area contributed by atoms with Crippen LogP contribution in [0.2, 0.25) is 5.02 Å². The van der Waals surface area contributed by atoms with E-state index in [0.717, 1.165) is 5.82 Å². The van der Waals surface area contributed by atoms with Crippen molar-refractivity contribution in [3.8, 4) is 5.88 Å². The molecule has 0 bridgehead atoms. The Morgan fingerprint density at radius 3 is 2.68 bits per heavy atom. The Morgan fingerprint density at radius 1 is 1.11 bits per heavy atom. The molecule has 5 aromatic rings. The van der Waals surface area contributed by atoms with E-state index in [4.69, 9.17) is 21.3 Å². The maximum absolute atomic E-state index is 14.2. The molecule has 1 atom stereocenters. The van der Waals surface area contributed by atoms with Crippen molar-refractivity contribution >= 4 is 29.0 Å². The predicted octanol–water partition coefficient (Wildman–Crippen LogP) is 4.42. The monoisotopic (exact) mass is 619 g/mol. The van der Waals surface area contributed by atoms with E-state index in [1.165, 1.54) is 18.3 Å². The number of hydrogen-bond donors (Lipinski definition) is 2. The van der Waals surface area contributed by atoms with E-state index in [0.29, 0.717) is 78.5 Å². The number of imidazole rings is 2. The number of piperazine rings is 1. The average molecular weight is 620 g/mol. The molecule has 228 valence electrons. The number of anilines is 1. The van der Waals surface area contributed by atoms with Gasteiger partial charge in [0.25, 0.3) is 0 Å². The Bertz CT molecular complexity index is 1800. The largest absolute Gasteiger partial charge is 0.478 e. The maximum Gasteiger partial charge on any atom is 0.337 e. The van der Waals surface area contributed by atoms with Crippen LogP contribution in [0.1, 0.15) is 46.0 Å². The van der Waals surface area contributed by atoms with Crippen molar-refractivity contribution in [2.24, 2.45) is 0 Å². The predicted molar refractivity (Wildman–Crippen MR) is 162 cm³/mol. The molecule has 13 heteroatoms. The van der Waals surface area contributed by atoms with Crippen LogP contribution in [-0.4, -0.2) is 71.2 Å². The molecule has 1 aliphatic heterocycles. The van der Waals surface area contributed by atoms with Crippen LogP contribution in [0.5, 0.6) is 5.88 Å². The molecule has 0 radical (unpaired) electrons. The van der Waals surface area contributed by atoms with Crippen LogP contribution >= 0.6 is 11.6 Å². The van der Waals surface area contributed by atoms with Gasteiger partial charge < -0.3 is 24.4 Å². The first-order valence-electron chi connectivity index (χ1n) is 14.2. The van der Waals surface area contributed by atoms with Crippen molar-refractivity contribution in [3.63, 3.8) is 0 Å². The number of hydrogen-bond acceptors (Lipinski definition) is 8. The number of aliphatic hydroxyl groups excluding tert-OH is 1. The number of carboxylic acids is 1. The van der Waals surface area contributed by atoms with E-state index < -0.39 is 17.9 Å². The van der Waals surface area contributed by atoms with Crippen LogP contribution in [0.25, 0.3) is 5.65 Å². The first-order chi connectivity index (χ1) is 21.3. The lowest BCUT2D eigenvalue weighted by atomic mass is 10.1. The van der Waals surface area contributed by atoms with Crippen molar-refractivity contribution in [1.29, 1.82) is 0 Å². The molecule has 1 saturated heterocycles. The summed E-state index contributed by atoms with van der Waals surface area (Å²) < 4.78 is 23.4. The minimum Gasteiger partial charge on any atom is -0.478 e. The van der Waals surface area contributed by atoms with Crippen molar-refractivity contribution in [1.82, 2.24) is 28.8 Å². The number of ether oxygens (including phenoxy) is 1. The van der Waals surface area contributed by atoms with Crippen LogP contribution < -0.4 is 9.64 Å². The second kappa shape index (κ2) is 12.6. The molecule has 44 heavy (non-hydrogen) atoms. The summed E-state index contributed by atoms with van der Waals surface area (Å²) in [6.07, 6.45) is 3.72. The molecule has 6 rings (SSSR count). The third-order valence-corrected chi connectivity index (χ3v) is 8.01. The fraction of sp³-hybridized carbons (Fsp3) is 0.290. The molecule has 1 fully saturated rings. The highest BCUT2D eigenvalue weighted by atomic mass is 35.5. The van der Waals surface area contributed by atoms with Crippen molar-refractivity contribution in [3.05, 3.63) is 106 Å². The minimum atomic E-state index is -1.06. The quantitative estimate of drug-likeness (QED) is 0.234. The maximum atomic E-state index is 14.2. The second-order valence-corrected chi connectivity index (χ2v) is 11.0. The number of halogens is 2. The summed E-state index contributed by atoms with van der Waals surface area (Å²) in [5, 5.41) is 21.5. The van der Waals surface area contributed by atoms with E-state index in [1.54, 1.807) is 41.2 Å². The van der Waals surface area contributed by atoms with Crippen LogP contribution in [0.3, 0.4) is 0 Å². The van der Waals surface area contributed by atoms with E-state index in [2.05, 4.69) is 19.8 Å². The zero-order valence-corrected chi connectivity index (χ0v) is 24.7. The highest BCUT2D eigenvalue weighted by molar-refractivity contribution is 6.30. The van der Waals surface area contributed by atoms with E-state index >= 15 is 0 Å². The summed E-state index contributed by atoms with van der Waals surface area (Å²) in [7, 11) is 0. The SMILES string of the molecule is CCn1cncc1C(O)c1c(CN2CCN(c3cccc(OCc4ccc(Cl)cc4F)n3)CC2)nc2ccc(C(=O)O)cn12. The molecule has 2 N–H and O–H groups in total. The summed E-state index contributed by atoms with van der Waals surface area (Å²) in [5.74, 6) is -0.326. The van der Waals surface area contributed by atoms with E-state index in [1.807, 2.05) is 23.6 Å². The highest BCUT2D eigenvalue weighted by Gasteiger charge is 2.27. The smallest absolute Gasteiger partial charge is 0.337 e. The molecule has 1 unspecified atom stereocenters. The Hall–Kier alpha value is -4.52. The van der Waals surface area contributed by atoms with Gasteiger partial charge in [0, 0.05) is 62.1 Å². The Kier molecular flexibility index (Phi) is 8.47. The molecular weight excluding hydrogens is 589 g/mol. The summed E-state index contributed by atoms with van der Waals surface area (Å²) in [6.45, 7) is 5.89. The Balaban J connectivity index is 1.17. The fourth-order valence-electron chi connectivity index (χ4n) is 5.40. The zero-order chi connectivity index (χ0) is 30.8.